The molecule has 0 atom stereocenters. The molecule has 2 rings (SSSR count). The fourth-order valence-corrected chi connectivity index (χ4v) is 3.67. The monoisotopic (exact) mass is 454 g/mol. The summed E-state index contributed by atoms with van der Waals surface area (Å²) in [5, 5.41) is 2.85. The van der Waals surface area contributed by atoms with Crippen LogP contribution in [0.4, 0.5) is 0 Å². The van der Waals surface area contributed by atoms with Crippen LogP contribution in [0.2, 0.25) is 5.02 Å². The maximum atomic E-state index is 12.1. The Hall–Kier alpha value is -2.62. The van der Waals surface area contributed by atoms with Crippen LogP contribution in [-0.2, 0) is 24.3 Å². The molecule has 0 heterocycles. The van der Waals surface area contributed by atoms with Crippen LogP contribution in [0.3, 0.4) is 0 Å². The van der Waals surface area contributed by atoms with Crippen LogP contribution < -0.4 is 14.8 Å². The van der Waals surface area contributed by atoms with Crippen molar-refractivity contribution in [1.29, 1.82) is 0 Å². The quantitative estimate of drug-likeness (QED) is 0.397. The highest BCUT2D eigenvalue weighted by Crippen LogP contribution is 2.15. The van der Waals surface area contributed by atoms with Crippen LogP contribution in [0.5, 0.6) is 5.75 Å². The molecule has 0 radical (unpaired) electrons. The third kappa shape index (κ3) is 8.40. The van der Waals surface area contributed by atoms with Gasteiger partial charge in [-0.1, -0.05) is 29.8 Å². The van der Waals surface area contributed by atoms with Gasteiger partial charge in [-0.25, -0.2) is 13.1 Å². The Balaban J connectivity index is 1.60. The average molecular weight is 455 g/mol. The van der Waals surface area contributed by atoms with E-state index in [1.807, 2.05) is 31.2 Å². The molecule has 0 aliphatic rings. The number of esters is 1. The number of benzene rings is 2. The largest absolute Gasteiger partial charge is 0.492 e. The summed E-state index contributed by atoms with van der Waals surface area (Å²) in [6.45, 7) is 1.85. The number of sulfonamides is 1. The fourth-order valence-electron chi connectivity index (χ4n) is 2.34. The average Bonchev–Trinajstić information content (AvgIpc) is 2.69. The number of hydrogen-bond acceptors (Lipinski definition) is 6. The van der Waals surface area contributed by atoms with E-state index in [1.54, 1.807) is 6.07 Å². The predicted molar refractivity (Wildman–Crippen MR) is 112 cm³/mol. The van der Waals surface area contributed by atoms with E-state index < -0.39 is 28.5 Å². The van der Waals surface area contributed by atoms with Gasteiger partial charge in [0.25, 0.3) is 5.91 Å². The van der Waals surface area contributed by atoms with E-state index in [-0.39, 0.29) is 36.0 Å². The van der Waals surface area contributed by atoms with Gasteiger partial charge in [0.1, 0.15) is 12.4 Å². The lowest BCUT2D eigenvalue weighted by Gasteiger charge is -2.09. The lowest BCUT2D eigenvalue weighted by Crippen LogP contribution is -2.32. The minimum absolute atomic E-state index is 0.00405. The number of carbonyl (C=O) groups excluding carboxylic acids is 2. The normalized spacial score (nSPS) is 11.0. The summed E-state index contributed by atoms with van der Waals surface area (Å²) < 4.78 is 36.8. The number of amides is 1. The summed E-state index contributed by atoms with van der Waals surface area (Å²) in [4.78, 5) is 23.4. The molecule has 0 aliphatic carbocycles. The summed E-state index contributed by atoms with van der Waals surface area (Å²) in [5.41, 5.74) is 1.07. The molecule has 0 unspecified atom stereocenters. The summed E-state index contributed by atoms with van der Waals surface area (Å²) in [5.74, 6) is -0.471. The van der Waals surface area contributed by atoms with Gasteiger partial charge in [-0.2, -0.15) is 0 Å². The maximum absolute atomic E-state index is 12.1. The SMILES string of the molecule is Cc1cccc(OCCNC(=O)COC(=O)CCNS(=O)(=O)c2cccc(Cl)c2)c1. The second-order valence-corrected chi connectivity index (χ2v) is 8.48. The summed E-state index contributed by atoms with van der Waals surface area (Å²) >= 11 is 5.78. The van der Waals surface area contributed by atoms with Crippen LogP contribution in [0.25, 0.3) is 0 Å². The number of hydrogen-bond donors (Lipinski definition) is 2. The van der Waals surface area contributed by atoms with Crippen LogP contribution in [0, 0.1) is 6.92 Å². The smallest absolute Gasteiger partial charge is 0.307 e. The van der Waals surface area contributed by atoms with Crippen molar-refractivity contribution in [2.24, 2.45) is 0 Å². The van der Waals surface area contributed by atoms with Crippen molar-refractivity contribution in [3.63, 3.8) is 0 Å². The van der Waals surface area contributed by atoms with Crippen LogP contribution in [0.1, 0.15) is 12.0 Å². The Morgan fingerprint density at radius 2 is 1.83 bits per heavy atom. The molecule has 10 heteroatoms. The third-order valence-corrected chi connectivity index (χ3v) is 5.47. The van der Waals surface area contributed by atoms with Crippen molar-refractivity contribution < 1.29 is 27.5 Å². The number of nitrogens with one attached hydrogen (secondary N) is 2. The van der Waals surface area contributed by atoms with Crippen molar-refractivity contribution in [3.05, 3.63) is 59.1 Å². The second-order valence-electron chi connectivity index (χ2n) is 6.28. The highest BCUT2D eigenvalue weighted by Gasteiger charge is 2.15. The highest BCUT2D eigenvalue weighted by molar-refractivity contribution is 7.89. The first kappa shape index (κ1) is 23.7. The first-order chi connectivity index (χ1) is 14.3. The summed E-state index contributed by atoms with van der Waals surface area (Å²) in [6.07, 6.45) is -0.219. The molecular formula is C20H23ClN2O6S. The van der Waals surface area contributed by atoms with E-state index in [9.17, 15) is 18.0 Å². The van der Waals surface area contributed by atoms with Crippen molar-refractivity contribution in [3.8, 4) is 5.75 Å². The van der Waals surface area contributed by atoms with Gasteiger partial charge in [-0.3, -0.25) is 9.59 Å². The second kappa shape index (κ2) is 11.5. The number of rotatable bonds is 11. The Bertz CT molecular complexity index is 981. The van der Waals surface area contributed by atoms with Gasteiger partial charge in [0.2, 0.25) is 10.0 Å². The zero-order valence-corrected chi connectivity index (χ0v) is 18.0. The molecular weight excluding hydrogens is 432 g/mol. The number of carbonyl (C=O) groups is 2. The van der Waals surface area contributed by atoms with Gasteiger partial charge < -0.3 is 14.8 Å². The highest BCUT2D eigenvalue weighted by atomic mass is 35.5. The lowest BCUT2D eigenvalue weighted by molar-refractivity contribution is -0.148. The molecule has 0 bridgehead atoms. The van der Waals surface area contributed by atoms with Crippen molar-refractivity contribution in [2.45, 2.75) is 18.2 Å². The molecule has 2 aromatic carbocycles. The molecule has 2 N–H and O–H groups in total. The van der Waals surface area contributed by atoms with E-state index in [0.717, 1.165) is 5.56 Å². The number of aryl methyl sites for hydroxylation is 1. The third-order valence-electron chi connectivity index (χ3n) is 3.77. The summed E-state index contributed by atoms with van der Waals surface area (Å²) in [6, 6.07) is 13.3. The maximum Gasteiger partial charge on any atom is 0.307 e. The van der Waals surface area contributed by atoms with Crippen LogP contribution in [-0.4, -0.2) is 46.6 Å². The van der Waals surface area contributed by atoms with Crippen LogP contribution >= 0.6 is 11.6 Å². The van der Waals surface area contributed by atoms with E-state index in [2.05, 4.69) is 10.0 Å². The van der Waals surface area contributed by atoms with E-state index in [4.69, 9.17) is 21.1 Å². The topological polar surface area (TPSA) is 111 Å². The molecule has 0 saturated heterocycles. The molecule has 162 valence electrons. The molecule has 0 aromatic heterocycles. The van der Waals surface area contributed by atoms with Gasteiger partial charge in [0, 0.05) is 11.6 Å². The van der Waals surface area contributed by atoms with Crippen molar-refractivity contribution in [2.75, 3.05) is 26.3 Å². The van der Waals surface area contributed by atoms with Crippen molar-refractivity contribution >= 4 is 33.5 Å². The molecule has 8 nitrogen and oxygen atoms in total. The number of ether oxygens (including phenoxy) is 2. The molecule has 0 saturated carbocycles. The Labute approximate surface area is 180 Å². The van der Waals surface area contributed by atoms with E-state index in [0.29, 0.717) is 5.75 Å². The lowest BCUT2D eigenvalue weighted by atomic mass is 10.2. The molecule has 0 fully saturated rings. The van der Waals surface area contributed by atoms with Gasteiger partial charge in [0.15, 0.2) is 6.61 Å². The summed E-state index contributed by atoms with van der Waals surface area (Å²) in [7, 11) is -3.79. The number of halogens is 1. The van der Waals surface area contributed by atoms with Crippen LogP contribution in [0.15, 0.2) is 53.4 Å². The minimum atomic E-state index is -3.79. The molecule has 2 aromatic rings. The first-order valence-electron chi connectivity index (χ1n) is 9.13. The zero-order valence-electron chi connectivity index (χ0n) is 16.4. The molecule has 0 aliphatic heterocycles. The molecule has 30 heavy (non-hydrogen) atoms. The fraction of sp³-hybridized carbons (Fsp3) is 0.300. The van der Waals surface area contributed by atoms with Gasteiger partial charge >= 0.3 is 5.97 Å². The Morgan fingerprint density at radius 1 is 1.07 bits per heavy atom. The Kier molecular flexibility index (Phi) is 9.10. The first-order valence-corrected chi connectivity index (χ1v) is 11.0. The van der Waals surface area contributed by atoms with Gasteiger partial charge in [-0.15, -0.1) is 0 Å². The zero-order chi connectivity index (χ0) is 22.0. The minimum Gasteiger partial charge on any atom is -0.492 e. The molecule has 0 spiro atoms. The molecule has 1 amide bonds. The van der Waals surface area contributed by atoms with Gasteiger partial charge in [-0.05, 0) is 42.8 Å². The predicted octanol–water partition coefficient (Wildman–Crippen LogP) is 2.06. The Morgan fingerprint density at radius 3 is 2.57 bits per heavy atom. The standard InChI is InChI=1S/C20H23ClN2O6S/c1-15-4-2-6-17(12-15)28-11-10-22-19(24)14-29-20(25)8-9-23-30(26,27)18-7-3-5-16(21)13-18/h2-7,12-13,23H,8-11,14H2,1H3,(H,22,24). The van der Waals surface area contributed by atoms with Crippen molar-refractivity contribution in [1.82, 2.24) is 10.0 Å². The van der Waals surface area contributed by atoms with Gasteiger partial charge in [0.05, 0.1) is 17.9 Å². The van der Waals surface area contributed by atoms with E-state index in [1.165, 1.54) is 18.2 Å². The van der Waals surface area contributed by atoms with E-state index >= 15 is 0 Å².